The Bertz CT molecular complexity index is 792. The van der Waals surface area contributed by atoms with Crippen LogP contribution in [0.25, 0.3) is 0 Å². The lowest BCUT2D eigenvalue weighted by Gasteiger charge is -2.20. The van der Waals surface area contributed by atoms with Gasteiger partial charge in [-0.3, -0.25) is 14.9 Å². The highest BCUT2D eigenvalue weighted by molar-refractivity contribution is 6.30. The van der Waals surface area contributed by atoms with Gasteiger partial charge in [0.15, 0.2) is 6.61 Å². The van der Waals surface area contributed by atoms with Gasteiger partial charge in [-0.05, 0) is 36.2 Å². The maximum absolute atomic E-state index is 11.9. The molecule has 26 heavy (non-hydrogen) atoms. The first kappa shape index (κ1) is 19.2. The molecule has 0 bridgehead atoms. The van der Waals surface area contributed by atoms with Gasteiger partial charge in [0.2, 0.25) is 0 Å². The minimum atomic E-state index is -1.43. The molecule has 0 saturated carbocycles. The van der Waals surface area contributed by atoms with Crippen molar-refractivity contribution in [3.8, 4) is 5.75 Å². The minimum absolute atomic E-state index is 0.0305. The van der Waals surface area contributed by atoms with Gasteiger partial charge in [0.25, 0.3) is 11.6 Å². The number of carbonyl (C=O) groups is 2. The zero-order valence-electron chi connectivity index (χ0n) is 13.4. The lowest BCUT2D eigenvalue weighted by Crippen LogP contribution is -2.50. The van der Waals surface area contributed by atoms with Crippen LogP contribution in [0.1, 0.15) is 5.56 Å². The first-order chi connectivity index (χ1) is 12.3. The average molecular weight is 378 g/mol. The summed E-state index contributed by atoms with van der Waals surface area (Å²) in [4.78, 5) is 33.1. The standard InChI is InChI=1S/C17H15ClN2O6/c18-12-3-1-11(2-4-12)9-15(17(22)23)19-16(21)10-26-14-7-5-13(6-8-14)20(24)25/h1-8,15H,9-10H2,(H,19,21)(H,22,23)/p-1/t15-/m1/s1. The molecule has 0 aliphatic carbocycles. The van der Waals surface area contributed by atoms with Crippen LogP contribution in [-0.2, 0) is 16.0 Å². The number of halogens is 1. The number of hydrogen-bond donors (Lipinski definition) is 1. The van der Waals surface area contributed by atoms with Gasteiger partial charge in [0.05, 0.1) is 16.9 Å². The summed E-state index contributed by atoms with van der Waals surface area (Å²) in [6.07, 6.45) is 0.0305. The third kappa shape index (κ3) is 5.75. The molecule has 0 aromatic heterocycles. The summed E-state index contributed by atoms with van der Waals surface area (Å²) in [5.74, 6) is -1.84. The number of carboxylic acids is 1. The van der Waals surface area contributed by atoms with Crippen molar-refractivity contribution in [3.05, 3.63) is 69.2 Å². The Hall–Kier alpha value is -3.13. The summed E-state index contributed by atoms with van der Waals surface area (Å²) < 4.78 is 5.18. The summed E-state index contributed by atoms with van der Waals surface area (Å²) in [7, 11) is 0. The monoisotopic (exact) mass is 377 g/mol. The van der Waals surface area contributed by atoms with Gasteiger partial charge in [-0.2, -0.15) is 0 Å². The molecule has 8 nitrogen and oxygen atoms in total. The summed E-state index contributed by atoms with van der Waals surface area (Å²) in [6.45, 7) is -0.442. The summed E-state index contributed by atoms with van der Waals surface area (Å²) in [5, 5.41) is 24.6. The average Bonchev–Trinajstić information content (AvgIpc) is 2.61. The molecule has 0 spiro atoms. The summed E-state index contributed by atoms with van der Waals surface area (Å²) in [5.41, 5.74) is 0.557. The Labute approximate surface area is 153 Å². The van der Waals surface area contributed by atoms with E-state index in [1.54, 1.807) is 24.3 Å². The van der Waals surface area contributed by atoms with E-state index in [0.717, 1.165) is 0 Å². The van der Waals surface area contributed by atoms with Gasteiger partial charge in [-0.25, -0.2) is 0 Å². The first-order valence-corrected chi connectivity index (χ1v) is 7.85. The molecule has 2 aromatic rings. The Morgan fingerprint density at radius 1 is 1.12 bits per heavy atom. The highest BCUT2D eigenvalue weighted by atomic mass is 35.5. The fraction of sp³-hybridized carbons (Fsp3) is 0.176. The number of carbonyl (C=O) groups excluding carboxylic acids is 2. The summed E-state index contributed by atoms with van der Waals surface area (Å²) in [6, 6.07) is 10.4. The van der Waals surface area contributed by atoms with Crippen molar-refractivity contribution < 1.29 is 24.4 Å². The van der Waals surface area contributed by atoms with Gasteiger partial charge < -0.3 is 20.0 Å². The topological polar surface area (TPSA) is 122 Å². The molecule has 1 atom stereocenters. The molecule has 2 rings (SSSR count). The van der Waals surface area contributed by atoms with Gasteiger partial charge in [-0.1, -0.05) is 23.7 Å². The van der Waals surface area contributed by atoms with E-state index in [-0.39, 0.29) is 17.9 Å². The molecule has 9 heteroatoms. The first-order valence-electron chi connectivity index (χ1n) is 7.47. The van der Waals surface area contributed by atoms with Crippen LogP contribution in [-0.4, -0.2) is 29.4 Å². The van der Waals surface area contributed by atoms with E-state index in [1.165, 1.54) is 24.3 Å². The van der Waals surface area contributed by atoms with Crippen molar-refractivity contribution in [1.29, 1.82) is 0 Å². The SMILES string of the molecule is O=C(COc1ccc([N+](=O)[O-])cc1)N[C@H](Cc1ccc(Cl)cc1)C(=O)[O-]. The predicted molar refractivity (Wildman–Crippen MR) is 90.7 cm³/mol. The maximum atomic E-state index is 11.9. The Kier molecular flexibility index (Phi) is 6.51. The van der Waals surface area contributed by atoms with Crippen LogP contribution in [0.3, 0.4) is 0 Å². The van der Waals surface area contributed by atoms with Crippen LogP contribution in [0.2, 0.25) is 5.02 Å². The molecule has 0 unspecified atom stereocenters. The van der Waals surface area contributed by atoms with E-state index in [2.05, 4.69) is 5.32 Å². The second-order valence-electron chi connectivity index (χ2n) is 5.31. The molecule has 0 saturated heterocycles. The molecule has 0 heterocycles. The van der Waals surface area contributed by atoms with Crippen molar-refractivity contribution in [3.63, 3.8) is 0 Å². The number of carboxylic acid groups (broad SMARTS) is 1. The van der Waals surface area contributed by atoms with Crippen LogP contribution in [0.15, 0.2) is 48.5 Å². The van der Waals surface area contributed by atoms with E-state index in [1.807, 2.05) is 0 Å². The van der Waals surface area contributed by atoms with Gasteiger partial charge in [0.1, 0.15) is 5.75 Å². The zero-order valence-corrected chi connectivity index (χ0v) is 14.1. The van der Waals surface area contributed by atoms with E-state index >= 15 is 0 Å². The van der Waals surface area contributed by atoms with E-state index in [9.17, 15) is 24.8 Å². The molecule has 0 aliphatic heterocycles. The highest BCUT2D eigenvalue weighted by Gasteiger charge is 2.15. The van der Waals surface area contributed by atoms with Crippen molar-refractivity contribution >= 4 is 29.2 Å². The molecule has 1 N–H and O–H groups in total. The predicted octanol–water partition coefficient (Wildman–Crippen LogP) is 1.10. The number of nitrogens with zero attached hydrogens (tertiary/aromatic N) is 1. The number of nitrogens with one attached hydrogen (secondary N) is 1. The molecular formula is C17H14ClN2O6-. The third-order valence-electron chi connectivity index (χ3n) is 3.39. The molecular weight excluding hydrogens is 364 g/mol. The van der Waals surface area contributed by atoms with Crippen molar-refractivity contribution in [2.75, 3.05) is 6.61 Å². The number of hydrogen-bond acceptors (Lipinski definition) is 6. The van der Waals surface area contributed by atoms with Crippen LogP contribution in [0, 0.1) is 10.1 Å². The van der Waals surface area contributed by atoms with Crippen LogP contribution in [0.5, 0.6) is 5.75 Å². The van der Waals surface area contributed by atoms with Crippen LogP contribution < -0.4 is 15.2 Å². The Morgan fingerprint density at radius 3 is 2.27 bits per heavy atom. The third-order valence-corrected chi connectivity index (χ3v) is 3.64. The lowest BCUT2D eigenvalue weighted by molar-refractivity contribution is -0.384. The fourth-order valence-corrected chi connectivity index (χ4v) is 2.22. The van der Waals surface area contributed by atoms with E-state index < -0.39 is 29.4 Å². The maximum Gasteiger partial charge on any atom is 0.269 e. The van der Waals surface area contributed by atoms with Gasteiger partial charge in [0, 0.05) is 17.2 Å². The van der Waals surface area contributed by atoms with Gasteiger partial charge >= 0.3 is 0 Å². The minimum Gasteiger partial charge on any atom is -0.548 e. The lowest BCUT2D eigenvalue weighted by atomic mass is 10.1. The van der Waals surface area contributed by atoms with Crippen LogP contribution in [0.4, 0.5) is 5.69 Å². The molecule has 0 radical (unpaired) electrons. The van der Waals surface area contributed by atoms with Crippen molar-refractivity contribution in [2.45, 2.75) is 12.5 Å². The largest absolute Gasteiger partial charge is 0.548 e. The molecule has 0 aliphatic rings. The molecule has 136 valence electrons. The molecule has 1 amide bonds. The molecule has 0 fully saturated rings. The van der Waals surface area contributed by atoms with E-state index in [4.69, 9.17) is 16.3 Å². The number of nitro benzene ring substituents is 1. The highest BCUT2D eigenvalue weighted by Crippen LogP contribution is 2.17. The van der Waals surface area contributed by atoms with Crippen molar-refractivity contribution in [1.82, 2.24) is 5.32 Å². The second kappa shape index (κ2) is 8.82. The number of benzene rings is 2. The molecule has 2 aromatic carbocycles. The number of rotatable bonds is 8. The number of aliphatic carboxylic acids is 1. The number of non-ortho nitro benzene ring substituents is 1. The Balaban J connectivity index is 1.89. The van der Waals surface area contributed by atoms with Crippen LogP contribution >= 0.6 is 11.6 Å². The van der Waals surface area contributed by atoms with E-state index in [0.29, 0.717) is 10.6 Å². The normalized spacial score (nSPS) is 11.4. The number of ether oxygens (including phenoxy) is 1. The number of amides is 1. The fourth-order valence-electron chi connectivity index (χ4n) is 2.10. The summed E-state index contributed by atoms with van der Waals surface area (Å²) >= 11 is 5.77. The number of nitro groups is 1. The second-order valence-corrected chi connectivity index (χ2v) is 5.75. The quantitative estimate of drug-likeness (QED) is 0.543. The zero-order chi connectivity index (χ0) is 19.1. The Morgan fingerprint density at radius 2 is 1.73 bits per heavy atom. The smallest absolute Gasteiger partial charge is 0.269 e. The van der Waals surface area contributed by atoms with Gasteiger partial charge in [-0.15, -0.1) is 0 Å². The van der Waals surface area contributed by atoms with Crippen molar-refractivity contribution in [2.24, 2.45) is 0 Å².